The maximum Gasteiger partial charge on any atom is 0.208 e. The third kappa shape index (κ3) is 3.61. The molecule has 0 saturated heterocycles. The van der Waals surface area contributed by atoms with Crippen molar-refractivity contribution in [2.75, 3.05) is 7.11 Å². The Morgan fingerprint density at radius 2 is 1.95 bits per heavy atom. The largest absolute Gasteiger partial charge is 0.497 e. The number of rotatable bonds is 6. The fourth-order valence-electron chi connectivity index (χ4n) is 2.23. The van der Waals surface area contributed by atoms with Gasteiger partial charge in [0.2, 0.25) is 5.89 Å². The van der Waals surface area contributed by atoms with Crippen LogP contribution in [0.4, 0.5) is 0 Å². The zero-order chi connectivity index (χ0) is 14.5. The molecule has 0 aliphatic heterocycles. The molecule has 1 unspecified atom stereocenters. The number of oxazole rings is 1. The van der Waals surface area contributed by atoms with Crippen LogP contribution in [0.25, 0.3) is 0 Å². The molecule has 1 heterocycles. The van der Waals surface area contributed by atoms with Crippen molar-refractivity contribution < 1.29 is 9.15 Å². The van der Waals surface area contributed by atoms with Gasteiger partial charge in [-0.25, -0.2) is 4.98 Å². The molecule has 0 aliphatic rings. The van der Waals surface area contributed by atoms with Crippen LogP contribution in [0.3, 0.4) is 0 Å². The first kappa shape index (κ1) is 14.6. The summed E-state index contributed by atoms with van der Waals surface area (Å²) in [5, 5.41) is 3.51. The van der Waals surface area contributed by atoms with Crippen LogP contribution in [0.1, 0.15) is 37.1 Å². The van der Waals surface area contributed by atoms with Crippen LogP contribution in [0.5, 0.6) is 5.75 Å². The van der Waals surface area contributed by atoms with Gasteiger partial charge in [-0.15, -0.1) is 0 Å². The molecule has 20 heavy (non-hydrogen) atoms. The summed E-state index contributed by atoms with van der Waals surface area (Å²) in [5.41, 5.74) is 1.24. The molecular formula is C16H22N2O2. The van der Waals surface area contributed by atoms with Crippen molar-refractivity contribution in [1.82, 2.24) is 10.3 Å². The van der Waals surface area contributed by atoms with E-state index in [0.717, 1.165) is 17.4 Å². The van der Waals surface area contributed by atoms with Gasteiger partial charge in [0.25, 0.3) is 0 Å². The maximum absolute atomic E-state index is 5.49. The minimum Gasteiger partial charge on any atom is -0.497 e. The van der Waals surface area contributed by atoms with Gasteiger partial charge in [0.05, 0.1) is 19.9 Å². The maximum atomic E-state index is 5.49. The quantitative estimate of drug-likeness (QED) is 0.876. The SMILES string of the molecule is COc1ccc(C(NCc2ncc(C)o2)C(C)C)cc1. The highest BCUT2D eigenvalue weighted by molar-refractivity contribution is 5.29. The van der Waals surface area contributed by atoms with Crippen molar-refractivity contribution in [3.05, 3.63) is 47.7 Å². The zero-order valence-corrected chi connectivity index (χ0v) is 12.5. The molecule has 2 aromatic rings. The third-order valence-electron chi connectivity index (χ3n) is 3.28. The van der Waals surface area contributed by atoms with Gasteiger partial charge in [0.15, 0.2) is 0 Å². The Bertz CT molecular complexity index is 532. The van der Waals surface area contributed by atoms with Crippen LogP contribution < -0.4 is 10.1 Å². The summed E-state index contributed by atoms with van der Waals surface area (Å²) in [7, 11) is 1.68. The smallest absolute Gasteiger partial charge is 0.208 e. The fourth-order valence-corrected chi connectivity index (χ4v) is 2.23. The molecule has 108 valence electrons. The summed E-state index contributed by atoms with van der Waals surface area (Å²) in [4.78, 5) is 4.22. The van der Waals surface area contributed by atoms with E-state index < -0.39 is 0 Å². The van der Waals surface area contributed by atoms with Crippen LogP contribution >= 0.6 is 0 Å². The molecule has 1 aromatic carbocycles. The van der Waals surface area contributed by atoms with Gasteiger partial charge in [-0.05, 0) is 30.5 Å². The van der Waals surface area contributed by atoms with Crippen LogP contribution in [-0.2, 0) is 6.54 Å². The number of ether oxygens (including phenoxy) is 1. The lowest BCUT2D eigenvalue weighted by Crippen LogP contribution is -2.25. The Morgan fingerprint density at radius 3 is 2.45 bits per heavy atom. The Kier molecular flexibility index (Phi) is 4.79. The first-order valence-electron chi connectivity index (χ1n) is 6.88. The van der Waals surface area contributed by atoms with Crippen molar-refractivity contribution in [2.24, 2.45) is 5.92 Å². The number of nitrogens with zero attached hydrogens (tertiary/aromatic N) is 1. The highest BCUT2D eigenvalue weighted by atomic mass is 16.5. The molecule has 0 radical (unpaired) electrons. The molecule has 0 saturated carbocycles. The molecule has 1 atom stereocenters. The van der Waals surface area contributed by atoms with Gasteiger partial charge in [-0.2, -0.15) is 0 Å². The van der Waals surface area contributed by atoms with E-state index >= 15 is 0 Å². The number of methoxy groups -OCH3 is 1. The molecule has 0 amide bonds. The Hall–Kier alpha value is -1.81. The third-order valence-corrected chi connectivity index (χ3v) is 3.28. The number of hydrogen-bond acceptors (Lipinski definition) is 4. The number of hydrogen-bond donors (Lipinski definition) is 1. The minimum atomic E-state index is 0.258. The van der Waals surface area contributed by atoms with E-state index in [1.165, 1.54) is 5.56 Å². The highest BCUT2D eigenvalue weighted by Gasteiger charge is 2.16. The van der Waals surface area contributed by atoms with E-state index in [-0.39, 0.29) is 6.04 Å². The lowest BCUT2D eigenvalue weighted by molar-refractivity contribution is 0.372. The van der Waals surface area contributed by atoms with Gasteiger partial charge in [0.1, 0.15) is 11.5 Å². The van der Waals surface area contributed by atoms with Gasteiger partial charge >= 0.3 is 0 Å². The standard InChI is InChI=1S/C16H22N2O2/c1-11(2)16(13-5-7-14(19-4)8-6-13)18-10-15-17-9-12(3)20-15/h5-9,11,16,18H,10H2,1-4H3. The second kappa shape index (κ2) is 6.57. The summed E-state index contributed by atoms with van der Waals surface area (Å²) in [6.07, 6.45) is 1.74. The summed E-state index contributed by atoms with van der Waals surface area (Å²) in [6, 6.07) is 8.42. The lowest BCUT2D eigenvalue weighted by Gasteiger charge is -2.22. The minimum absolute atomic E-state index is 0.258. The average Bonchev–Trinajstić information content (AvgIpc) is 2.85. The average molecular weight is 274 g/mol. The van der Waals surface area contributed by atoms with E-state index in [0.29, 0.717) is 12.5 Å². The molecule has 1 N–H and O–H groups in total. The van der Waals surface area contributed by atoms with E-state index in [1.54, 1.807) is 13.3 Å². The van der Waals surface area contributed by atoms with Gasteiger partial charge < -0.3 is 14.5 Å². The predicted molar refractivity (Wildman–Crippen MR) is 78.7 cm³/mol. The van der Waals surface area contributed by atoms with Gasteiger partial charge in [-0.3, -0.25) is 0 Å². The predicted octanol–water partition coefficient (Wildman–Crippen LogP) is 3.48. The number of benzene rings is 1. The van der Waals surface area contributed by atoms with Crippen LogP contribution in [0, 0.1) is 12.8 Å². The number of aromatic nitrogens is 1. The van der Waals surface area contributed by atoms with Gasteiger partial charge in [0, 0.05) is 6.04 Å². The molecule has 4 nitrogen and oxygen atoms in total. The zero-order valence-electron chi connectivity index (χ0n) is 12.5. The molecule has 0 spiro atoms. The number of nitrogens with one attached hydrogen (secondary N) is 1. The van der Waals surface area contributed by atoms with Crippen molar-refractivity contribution in [2.45, 2.75) is 33.4 Å². The molecule has 2 rings (SSSR count). The van der Waals surface area contributed by atoms with E-state index in [4.69, 9.17) is 9.15 Å². The first-order chi connectivity index (χ1) is 9.60. The molecular weight excluding hydrogens is 252 g/mol. The molecule has 1 aromatic heterocycles. The topological polar surface area (TPSA) is 47.3 Å². The Labute approximate surface area is 120 Å². The monoisotopic (exact) mass is 274 g/mol. The Balaban J connectivity index is 2.06. The molecule has 0 fully saturated rings. The van der Waals surface area contributed by atoms with Crippen molar-refractivity contribution in [3.8, 4) is 5.75 Å². The van der Waals surface area contributed by atoms with Crippen molar-refractivity contribution in [1.29, 1.82) is 0 Å². The summed E-state index contributed by atoms with van der Waals surface area (Å²) in [6.45, 7) is 6.92. The van der Waals surface area contributed by atoms with E-state index in [9.17, 15) is 0 Å². The van der Waals surface area contributed by atoms with Crippen LogP contribution in [-0.4, -0.2) is 12.1 Å². The van der Waals surface area contributed by atoms with Crippen LogP contribution in [0.15, 0.2) is 34.9 Å². The van der Waals surface area contributed by atoms with Crippen molar-refractivity contribution >= 4 is 0 Å². The second-order valence-corrected chi connectivity index (χ2v) is 5.24. The van der Waals surface area contributed by atoms with Gasteiger partial charge in [-0.1, -0.05) is 26.0 Å². The number of aryl methyl sites for hydroxylation is 1. The Morgan fingerprint density at radius 1 is 1.25 bits per heavy atom. The lowest BCUT2D eigenvalue weighted by atomic mass is 9.96. The highest BCUT2D eigenvalue weighted by Crippen LogP contribution is 2.24. The second-order valence-electron chi connectivity index (χ2n) is 5.24. The fraction of sp³-hybridized carbons (Fsp3) is 0.438. The first-order valence-corrected chi connectivity index (χ1v) is 6.88. The van der Waals surface area contributed by atoms with E-state index in [1.807, 2.05) is 19.1 Å². The molecule has 0 bridgehead atoms. The summed E-state index contributed by atoms with van der Waals surface area (Å²) >= 11 is 0. The van der Waals surface area contributed by atoms with E-state index in [2.05, 4.69) is 36.3 Å². The van der Waals surface area contributed by atoms with Crippen LogP contribution in [0.2, 0.25) is 0 Å². The summed E-state index contributed by atoms with van der Waals surface area (Å²) in [5.74, 6) is 2.91. The normalized spacial score (nSPS) is 12.7. The molecule has 0 aliphatic carbocycles. The summed E-state index contributed by atoms with van der Waals surface area (Å²) < 4.78 is 10.7. The van der Waals surface area contributed by atoms with Crippen molar-refractivity contribution in [3.63, 3.8) is 0 Å². The molecule has 4 heteroatoms.